The Morgan fingerprint density at radius 2 is 2.05 bits per heavy atom. The number of hydrogen-bond acceptors (Lipinski definition) is 10. The molecule has 0 aliphatic carbocycles. The smallest absolute Gasteiger partial charge is 0.246 e. The molecule has 1 aliphatic rings. The van der Waals surface area contributed by atoms with E-state index in [9.17, 15) is 4.79 Å². The fraction of sp³-hybridized carbons (Fsp3) is 0.222. The highest BCUT2D eigenvalue weighted by molar-refractivity contribution is 5.88. The molecule has 13 heteroatoms. The molecule has 0 unspecified atom stereocenters. The van der Waals surface area contributed by atoms with Crippen LogP contribution in [-0.4, -0.2) is 71.0 Å². The van der Waals surface area contributed by atoms with Crippen LogP contribution in [0.25, 0.3) is 16.7 Å². The Kier molecular flexibility index (Phi) is 6.38. The van der Waals surface area contributed by atoms with E-state index in [0.29, 0.717) is 65.1 Å². The Bertz CT molecular complexity index is 1760. The van der Waals surface area contributed by atoms with Crippen LogP contribution in [0.3, 0.4) is 0 Å². The number of hydrogen-bond donors (Lipinski definition) is 1. The Morgan fingerprint density at radius 3 is 2.88 bits per heavy atom. The number of benzene rings is 1. The standard InChI is InChI=1S/C27H25FN10O2/c1-4-24(39)37-8-7-36(13-17(37)3)27-29-12-21-25(35-27)26(32-14-30-21)34-20-9-16(2)22(11-19(20)28)40-18-5-6-38-23(10-18)31-15-33-38/h4-6,9-12,14-15,17H,1,7-8,13H2,2-3H3,(H,30,32,34)/t17-/m1/s1. The van der Waals surface area contributed by atoms with E-state index in [1.54, 1.807) is 40.0 Å². The van der Waals surface area contributed by atoms with Crippen molar-refractivity contribution < 1.29 is 13.9 Å². The molecule has 0 spiro atoms. The van der Waals surface area contributed by atoms with Crippen molar-refractivity contribution in [3.8, 4) is 11.5 Å². The molecule has 5 heterocycles. The van der Waals surface area contributed by atoms with Gasteiger partial charge >= 0.3 is 0 Å². The first kappa shape index (κ1) is 25.1. The minimum atomic E-state index is -0.526. The van der Waals surface area contributed by atoms with Gasteiger partial charge in [0.1, 0.15) is 41.0 Å². The number of rotatable bonds is 6. The maximum absolute atomic E-state index is 15.3. The number of nitrogens with zero attached hydrogens (tertiary/aromatic N) is 9. The molecule has 0 bridgehead atoms. The first-order valence-corrected chi connectivity index (χ1v) is 12.6. The molecule has 1 amide bonds. The van der Waals surface area contributed by atoms with Gasteiger partial charge in [0.25, 0.3) is 0 Å². The maximum atomic E-state index is 15.3. The van der Waals surface area contributed by atoms with E-state index in [-0.39, 0.29) is 17.6 Å². The molecule has 12 nitrogen and oxygen atoms in total. The number of carbonyl (C=O) groups is 1. The first-order valence-electron chi connectivity index (χ1n) is 12.6. The van der Waals surface area contributed by atoms with Gasteiger partial charge in [0.15, 0.2) is 11.5 Å². The van der Waals surface area contributed by atoms with E-state index in [2.05, 4.69) is 36.9 Å². The van der Waals surface area contributed by atoms with Gasteiger partial charge in [-0.2, -0.15) is 5.10 Å². The number of aromatic nitrogens is 7. The monoisotopic (exact) mass is 540 g/mol. The Morgan fingerprint density at radius 1 is 1.18 bits per heavy atom. The molecule has 0 radical (unpaired) electrons. The van der Waals surface area contributed by atoms with E-state index in [1.807, 2.05) is 18.7 Å². The number of ether oxygens (including phenoxy) is 1. The number of aryl methyl sites for hydroxylation is 1. The van der Waals surface area contributed by atoms with E-state index < -0.39 is 5.82 Å². The zero-order valence-electron chi connectivity index (χ0n) is 21.8. The molecule has 1 aromatic carbocycles. The van der Waals surface area contributed by atoms with Crippen LogP contribution in [0.5, 0.6) is 11.5 Å². The van der Waals surface area contributed by atoms with Crippen LogP contribution in [0.1, 0.15) is 12.5 Å². The number of carbonyl (C=O) groups excluding carboxylic acids is 1. The second-order valence-electron chi connectivity index (χ2n) is 9.41. The largest absolute Gasteiger partial charge is 0.457 e. The number of halogens is 1. The van der Waals surface area contributed by atoms with Crippen molar-refractivity contribution in [2.24, 2.45) is 0 Å². The number of anilines is 3. The van der Waals surface area contributed by atoms with Crippen LogP contribution >= 0.6 is 0 Å². The Hall–Kier alpha value is -5.20. The van der Waals surface area contributed by atoms with Crippen molar-refractivity contribution in [1.29, 1.82) is 0 Å². The average molecular weight is 541 g/mol. The number of piperazine rings is 1. The van der Waals surface area contributed by atoms with E-state index >= 15 is 4.39 Å². The summed E-state index contributed by atoms with van der Waals surface area (Å²) in [5.74, 6) is 1.07. The molecule has 4 aromatic heterocycles. The summed E-state index contributed by atoms with van der Waals surface area (Å²) in [5, 5.41) is 7.12. The zero-order chi connectivity index (χ0) is 27.8. The summed E-state index contributed by atoms with van der Waals surface area (Å²) in [7, 11) is 0. The van der Waals surface area contributed by atoms with E-state index in [4.69, 9.17) is 9.72 Å². The van der Waals surface area contributed by atoms with Gasteiger partial charge in [-0.15, -0.1) is 0 Å². The molecular weight excluding hydrogens is 515 g/mol. The summed E-state index contributed by atoms with van der Waals surface area (Å²) in [6, 6.07) is 6.38. The molecular formula is C27H25FN10O2. The third-order valence-corrected chi connectivity index (χ3v) is 6.73. The third-order valence-electron chi connectivity index (χ3n) is 6.73. The fourth-order valence-corrected chi connectivity index (χ4v) is 4.66. The van der Waals surface area contributed by atoms with Gasteiger partial charge < -0.3 is 19.9 Å². The molecule has 0 saturated carbocycles. The molecule has 1 N–H and O–H groups in total. The van der Waals surface area contributed by atoms with Crippen LogP contribution in [0, 0.1) is 12.7 Å². The quantitative estimate of drug-likeness (QED) is 0.319. The SMILES string of the molecule is C=CC(=O)N1CCN(c2ncc3ncnc(Nc4cc(C)c(Oc5ccn6ncnc6c5)cc4F)c3n2)C[C@H]1C. The first-order chi connectivity index (χ1) is 19.4. The Labute approximate surface area is 228 Å². The van der Waals surface area contributed by atoms with Gasteiger partial charge in [-0.25, -0.2) is 33.8 Å². The van der Waals surface area contributed by atoms with Gasteiger partial charge in [-0.3, -0.25) is 4.79 Å². The van der Waals surface area contributed by atoms with Crippen LogP contribution in [0.2, 0.25) is 0 Å². The van der Waals surface area contributed by atoms with Gasteiger partial charge in [0.2, 0.25) is 11.9 Å². The molecule has 6 rings (SSSR count). The molecule has 1 atom stereocenters. The lowest BCUT2D eigenvalue weighted by molar-refractivity contribution is -0.128. The highest BCUT2D eigenvalue weighted by Gasteiger charge is 2.27. The average Bonchev–Trinajstić information content (AvgIpc) is 3.43. The highest BCUT2D eigenvalue weighted by atomic mass is 19.1. The van der Waals surface area contributed by atoms with Gasteiger partial charge in [-0.05, 0) is 37.6 Å². The van der Waals surface area contributed by atoms with Crippen molar-refractivity contribution in [1.82, 2.24) is 39.4 Å². The topological polar surface area (TPSA) is 127 Å². The molecule has 1 aliphatic heterocycles. The number of pyridine rings is 1. The number of fused-ring (bicyclic) bond motifs is 2. The molecule has 202 valence electrons. The molecule has 40 heavy (non-hydrogen) atoms. The second-order valence-corrected chi connectivity index (χ2v) is 9.41. The third kappa shape index (κ3) is 4.72. The maximum Gasteiger partial charge on any atom is 0.246 e. The predicted molar refractivity (Wildman–Crippen MR) is 146 cm³/mol. The fourth-order valence-electron chi connectivity index (χ4n) is 4.66. The van der Waals surface area contributed by atoms with Crippen LogP contribution in [0.15, 0.2) is 62.0 Å². The van der Waals surface area contributed by atoms with Crippen LogP contribution < -0.4 is 15.0 Å². The zero-order valence-corrected chi connectivity index (χ0v) is 21.8. The summed E-state index contributed by atoms with van der Waals surface area (Å²) >= 11 is 0. The van der Waals surface area contributed by atoms with Gasteiger partial charge in [-0.1, -0.05) is 6.58 Å². The van der Waals surface area contributed by atoms with Gasteiger partial charge in [0, 0.05) is 44.0 Å². The van der Waals surface area contributed by atoms with E-state index in [0.717, 1.165) is 0 Å². The summed E-state index contributed by atoms with van der Waals surface area (Å²) < 4.78 is 22.8. The lowest BCUT2D eigenvalue weighted by atomic mass is 10.2. The summed E-state index contributed by atoms with van der Waals surface area (Å²) in [5.41, 5.74) is 2.50. The molecule has 5 aromatic rings. The van der Waals surface area contributed by atoms with Gasteiger partial charge in [0.05, 0.1) is 11.9 Å². The van der Waals surface area contributed by atoms with Crippen LogP contribution in [0.4, 0.5) is 21.8 Å². The normalized spacial score (nSPS) is 15.4. The number of amides is 1. The van der Waals surface area contributed by atoms with Crippen molar-refractivity contribution in [2.45, 2.75) is 19.9 Å². The molecule has 1 saturated heterocycles. The minimum Gasteiger partial charge on any atom is -0.457 e. The van der Waals surface area contributed by atoms with Crippen molar-refractivity contribution >= 4 is 40.0 Å². The Balaban J connectivity index is 1.25. The van der Waals surface area contributed by atoms with Crippen molar-refractivity contribution in [3.63, 3.8) is 0 Å². The summed E-state index contributed by atoms with van der Waals surface area (Å²) in [4.78, 5) is 37.8. The molecule has 1 fully saturated rings. The number of nitrogens with one attached hydrogen (secondary N) is 1. The van der Waals surface area contributed by atoms with E-state index in [1.165, 1.54) is 24.8 Å². The lowest BCUT2D eigenvalue weighted by Gasteiger charge is -2.39. The summed E-state index contributed by atoms with van der Waals surface area (Å²) in [6.45, 7) is 9.01. The van der Waals surface area contributed by atoms with Crippen molar-refractivity contribution in [2.75, 3.05) is 29.9 Å². The summed E-state index contributed by atoms with van der Waals surface area (Å²) in [6.07, 6.45) is 7.48. The minimum absolute atomic E-state index is 0.0424. The lowest BCUT2D eigenvalue weighted by Crippen LogP contribution is -2.54. The predicted octanol–water partition coefficient (Wildman–Crippen LogP) is 3.67. The van der Waals surface area contributed by atoms with Crippen LogP contribution in [-0.2, 0) is 4.79 Å². The van der Waals surface area contributed by atoms with Crippen molar-refractivity contribution in [3.05, 3.63) is 73.3 Å². The highest BCUT2D eigenvalue weighted by Crippen LogP contribution is 2.32. The second kappa shape index (κ2) is 10.2.